The number of hydrogen-bond donors (Lipinski definition) is 1. The molecule has 0 unspecified atom stereocenters. The molecule has 5 aromatic rings. The summed E-state index contributed by atoms with van der Waals surface area (Å²) in [5.41, 5.74) is 11.7. The minimum atomic E-state index is -0.445. The van der Waals surface area contributed by atoms with Gasteiger partial charge in [0, 0.05) is 30.9 Å². The fourth-order valence-electron chi connectivity index (χ4n) is 4.57. The van der Waals surface area contributed by atoms with E-state index in [9.17, 15) is 9.18 Å². The molecule has 1 aliphatic rings. The van der Waals surface area contributed by atoms with E-state index in [1.165, 1.54) is 12.1 Å². The number of nitrogens with two attached hydrogens (primary N) is 1. The maximum atomic E-state index is 13.5. The number of carbonyl (C=O) groups excluding carboxylic acids is 1. The van der Waals surface area contributed by atoms with Gasteiger partial charge in [0.15, 0.2) is 11.5 Å². The number of aryl methyl sites for hydroxylation is 1. The Kier molecular flexibility index (Phi) is 4.92. The summed E-state index contributed by atoms with van der Waals surface area (Å²) in [5, 5.41) is 4.83. The molecule has 0 saturated carbocycles. The van der Waals surface area contributed by atoms with Gasteiger partial charge < -0.3 is 15.2 Å². The van der Waals surface area contributed by atoms with Gasteiger partial charge in [0.05, 0.1) is 17.6 Å². The van der Waals surface area contributed by atoms with Crippen molar-refractivity contribution in [2.75, 3.05) is 4.90 Å². The van der Waals surface area contributed by atoms with E-state index in [0.717, 1.165) is 45.4 Å². The Bertz CT molecular complexity index is 1680. The highest BCUT2D eigenvalue weighted by atomic mass is 19.1. The summed E-state index contributed by atoms with van der Waals surface area (Å²) in [4.78, 5) is 23.2. The molecule has 0 saturated heterocycles. The van der Waals surface area contributed by atoms with Crippen molar-refractivity contribution in [2.45, 2.75) is 13.5 Å². The molecular weight excluding hydrogens is 457 g/mol. The average Bonchev–Trinajstić information content (AvgIpc) is 3.44. The van der Waals surface area contributed by atoms with E-state index in [-0.39, 0.29) is 5.82 Å². The highest BCUT2D eigenvalue weighted by Gasteiger charge is 2.21. The van der Waals surface area contributed by atoms with E-state index in [2.05, 4.69) is 0 Å². The minimum absolute atomic E-state index is 0.293. The zero-order valence-corrected chi connectivity index (χ0v) is 19.7. The van der Waals surface area contributed by atoms with Crippen molar-refractivity contribution in [3.05, 3.63) is 95.3 Å². The van der Waals surface area contributed by atoms with E-state index < -0.39 is 5.91 Å². The number of halogens is 1. The third-order valence-electron chi connectivity index (χ3n) is 6.50. The van der Waals surface area contributed by atoms with Crippen LogP contribution < -0.4 is 10.6 Å². The predicted octanol–water partition coefficient (Wildman–Crippen LogP) is 4.33. The van der Waals surface area contributed by atoms with Gasteiger partial charge in [-0.1, -0.05) is 12.1 Å². The molecule has 6 rings (SSSR count). The fourth-order valence-corrected chi connectivity index (χ4v) is 4.57. The number of amides is 1. The molecule has 0 bridgehead atoms. The molecule has 4 heterocycles. The lowest BCUT2D eigenvalue weighted by Gasteiger charge is -2.24. The molecule has 3 aromatic heterocycles. The van der Waals surface area contributed by atoms with Crippen LogP contribution in [-0.4, -0.2) is 30.1 Å². The van der Waals surface area contributed by atoms with E-state index in [1.807, 2.05) is 66.2 Å². The summed E-state index contributed by atoms with van der Waals surface area (Å²) >= 11 is 0. The Morgan fingerprint density at radius 1 is 1.06 bits per heavy atom. The predicted molar refractivity (Wildman–Crippen MR) is 135 cm³/mol. The first-order chi connectivity index (χ1) is 17.4. The van der Waals surface area contributed by atoms with Crippen LogP contribution in [-0.2, 0) is 13.6 Å². The van der Waals surface area contributed by atoms with Crippen molar-refractivity contribution in [1.82, 2.24) is 24.1 Å². The van der Waals surface area contributed by atoms with Gasteiger partial charge in [0.2, 0.25) is 5.91 Å². The number of primary amides is 1. The highest BCUT2D eigenvalue weighted by molar-refractivity contribution is 5.97. The van der Waals surface area contributed by atoms with Crippen LogP contribution in [0.25, 0.3) is 34.4 Å². The molecule has 0 spiro atoms. The van der Waals surface area contributed by atoms with Gasteiger partial charge >= 0.3 is 0 Å². The maximum Gasteiger partial charge on any atom is 0.249 e. The second kappa shape index (κ2) is 8.16. The molecule has 2 N–H and O–H groups in total. The quantitative estimate of drug-likeness (QED) is 0.414. The number of nitrogens with zero attached hydrogens (tertiary/aromatic N) is 6. The summed E-state index contributed by atoms with van der Waals surface area (Å²) in [7, 11) is 1.94. The Balaban J connectivity index is 1.38. The number of aromatic nitrogens is 5. The molecule has 9 heteroatoms. The number of hydrogen-bond acceptors (Lipinski definition) is 5. The maximum absolute atomic E-state index is 13.5. The molecule has 0 atom stereocenters. The van der Waals surface area contributed by atoms with E-state index >= 15 is 0 Å². The largest absolute Gasteiger partial charge is 0.366 e. The Labute approximate surface area is 206 Å². The van der Waals surface area contributed by atoms with Crippen LogP contribution in [0.2, 0.25) is 0 Å². The lowest BCUT2D eigenvalue weighted by atomic mass is 9.98. The Hall–Kier alpha value is -4.79. The number of imidazole rings is 2. The average molecular weight is 480 g/mol. The molecule has 8 nitrogen and oxygen atoms in total. The van der Waals surface area contributed by atoms with Crippen LogP contribution in [0.3, 0.4) is 0 Å². The molecule has 1 aliphatic heterocycles. The first-order valence-electron chi connectivity index (χ1n) is 11.4. The standard InChI is InChI=1S/C27H22FN7O/c1-16-30-25(17-6-8-19(28)9-7-17)26(33(16)2)22-10-11-23-31-24(15-35(23)32-22)34-13-12-20-18(14-34)4-3-5-21(20)27(29)36/h3-13,15H,14H2,1-2H3,(H2,29,36). The second-order valence-corrected chi connectivity index (χ2v) is 8.73. The fraction of sp³-hybridized carbons (Fsp3) is 0.111. The molecule has 36 heavy (non-hydrogen) atoms. The van der Waals surface area contributed by atoms with Crippen LogP contribution in [0.15, 0.2) is 67.0 Å². The molecule has 178 valence electrons. The normalized spacial score (nSPS) is 12.8. The van der Waals surface area contributed by atoms with E-state index in [1.54, 1.807) is 22.7 Å². The van der Waals surface area contributed by atoms with Gasteiger partial charge in [0.1, 0.15) is 17.3 Å². The number of benzene rings is 2. The minimum Gasteiger partial charge on any atom is -0.366 e. The van der Waals surface area contributed by atoms with Crippen LogP contribution in [0.5, 0.6) is 0 Å². The van der Waals surface area contributed by atoms with E-state index in [0.29, 0.717) is 17.8 Å². The number of anilines is 1. The summed E-state index contributed by atoms with van der Waals surface area (Å²) in [6.07, 6.45) is 5.65. The van der Waals surface area contributed by atoms with Gasteiger partial charge in [-0.3, -0.25) is 4.79 Å². The van der Waals surface area contributed by atoms with Crippen molar-refractivity contribution < 1.29 is 9.18 Å². The molecule has 0 aliphatic carbocycles. The van der Waals surface area contributed by atoms with Crippen LogP contribution in [0.4, 0.5) is 10.2 Å². The van der Waals surface area contributed by atoms with Crippen LogP contribution in [0, 0.1) is 12.7 Å². The monoisotopic (exact) mass is 479 g/mol. The first-order valence-corrected chi connectivity index (χ1v) is 11.4. The smallest absolute Gasteiger partial charge is 0.249 e. The van der Waals surface area contributed by atoms with Gasteiger partial charge in [-0.25, -0.2) is 18.9 Å². The third-order valence-corrected chi connectivity index (χ3v) is 6.50. The van der Waals surface area contributed by atoms with Crippen molar-refractivity contribution in [3.63, 3.8) is 0 Å². The van der Waals surface area contributed by atoms with Crippen LogP contribution in [0.1, 0.15) is 27.3 Å². The third kappa shape index (κ3) is 3.52. The molecule has 0 radical (unpaired) electrons. The summed E-state index contributed by atoms with van der Waals surface area (Å²) in [5.74, 6) is 0.814. The molecule has 2 aromatic carbocycles. The lowest BCUT2D eigenvalue weighted by molar-refractivity contribution is 0.1000. The second-order valence-electron chi connectivity index (χ2n) is 8.73. The van der Waals surface area contributed by atoms with Crippen LogP contribution >= 0.6 is 0 Å². The van der Waals surface area contributed by atoms with Gasteiger partial charge in [-0.2, -0.15) is 5.10 Å². The van der Waals surface area contributed by atoms with Gasteiger partial charge in [0.25, 0.3) is 0 Å². The summed E-state index contributed by atoms with van der Waals surface area (Å²) in [6, 6.07) is 15.7. The van der Waals surface area contributed by atoms with Crippen molar-refractivity contribution in [2.24, 2.45) is 12.8 Å². The van der Waals surface area contributed by atoms with Gasteiger partial charge in [-0.05, 0) is 66.6 Å². The summed E-state index contributed by atoms with van der Waals surface area (Å²) in [6.45, 7) is 2.48. The topological polar surface area (TPSA) is 94.3 Å². The lowest BCUT2D eigenvalue weighted by Crippen LogP contribution is -2.22. The van der Waals surface area contributed by atoms with Crippen molar-refractivity contribution >= 4 is 23.4 Å². The molecular formula is C27H22FN7O. The number of fused-ring (bicyclic) bond motifs is 2. The van der Waals surface area contributed by atoms with E-state index in [4.69, 9.17) is 20.8 Å². The highest BCUT2D eigenvalue weighted by Crippen LogP contribution is 2.32. The number of carbonyl (C=O) groups is 1. The van der Waals surface area contributed by atoms with Crippen molar-refractivity contribution in [3.8, 4) is 22.6 Å². The SMILES string of the molecule is Cc1nc(-c2ccc(F)cc2)c(-c2ccc3nc(N4C=Cc5c(cccc5C(N)=O)C4)cn3n2)n1C. The zero-order valence-electron chi connectivity index (χ0n) is 19.7. The zero-order chi connectivity index (χ0) is 25.0. The summed E-state index contributed by atoms with van der Waals surface area (Å²) < 4.78 is 17.2. The first kappa shape index (κ1) is 21.7. The Morgan fingerprint density at radius 2 is 1.86 bits per heavy atom. The van der Waals surface area contributed by atoms with Gasteiger partial charge in [-0.15, -0.1) is 0 Å². The number of rotatable bonds is 4. The Morgan fingerprint density at radius 3 is 2.64 bits per heavy atom. The molecule has 0 fully saturated rings. The molecule has 1 amide bonds. The van der Waals surface area contributed by atoms with Crippen molar-refractivity contribution in [1.29, 1.82) is 0 Å².